The zero-order valence-corrected chi connectivity index (χ0v) is 21.4. The third-order valence-corrected chi connectivity index (χ3v) is 7.55. The topological polar surface area (TPSA) is 88.6 Å². The van der Waals surface area contributed by atoms with E-state index >= 15 is 0 Å². The van der Waals surface area contributed by atoms with Gasteiger partial charge in [0, 0.05) is 50.1 Å². The Labute approximate surface area is 216 Å². The second kappa shape index (κ2) is 10.5. The first-order valence-electron chi connectivity index (χ1n) is 12.8. The summed E-state index contributed by atoms with van der Waals surface area (Å²) >= 11 is 0. The fourth-order valence-corrected chi connectivity index (χ4v) is 5.36. The fraction of sp³-hybridized carbons (Fsp3) is 0.464. The summed E-state index contributed by atoms with van der Waals surface area (Å²) in [6, 6.07) is 13.7. The quantitative estimate of drug-likeness (QED) is 0.631. The molecule has 1 spiro atoms. The normalized spacial score (nSPS) is 21.2. The molecule has 9 heteroatoms. The van der Waals surface area contributed by atoms with Crippen LogP contribution in [0.3, 0.4) is 0 Å². The minimum Gasteiger partial charge on any atom is -0.497 e. The summed E-state index contributed by atoms with van der Waals surface area (Å²) in [6.45, 7) is 4.91. The lowest BCUT2D eigenvalue weighted by Gasteiger charge is -2.45. The summed E-state index contributed by atoms with van der Waals surface area (Å²) in [5.74, 6) is 0.277. The van der Waals surface area contributed by atoms with Crippen LogP contribution >= 0.6 is 0 Å². The fourth-order valence-electron chi connectivity index (χ4n) is 5.36. The Kier molecular flexibility index (Phi) is 7.17. The number of ether oxygens (including phenoxy) is 3. The van der Waals surface area contributed by atoms with Gasteiger partial charge >= 0.3 is 0 Å². The predicted molar refractivity (Wildman–Crippen MR) is 135 cm³/mol. The zero-order chi connectivity index (χ0) is 26.0. The van der Waals surface area contributed by atoms with Gasteiger partial charge < -0.3 is 24.0 Å². The lowest BCUT2D eigenvalue weighted by atomic mass is 9.95. The molecule has 3 amide bonds. The van der Waals surface area contributed by atoms with E-state index in [-0.39, 0.29) is 24.3 Å². The van der Waals surface area contributed by atoms with E-state index in [2.05, 4.69) is 0 Å². The van der Waals surface area contributed by atoms with Crippen molar-refractivity contribution in [2.45, 2.75) is 31.5 Å². The highest BCUT2D eigenvalue weighted by molar-refractivity contribution is 5.98. The number of methoxy groups -OCH3 is 1. The van der Waals surface area contributed by atoms with Crippen molar-refractivity contribution in [3.8, 4) is 5.75 Å². The van der Waals surface area contributed by atoms with Crippen LogP contribution in [0.25, 0.3) is 0 Å². The molecule has 196 valence electrons. The van der Waals surface area contributed by atoms with Crippen LogP contribution in [-0.4, -0.2) is 97.3 Å². The van der Waals surface area contributed by atoms with Crippen molar-refractivity contribution in [1.29, 1.82) is 0 Å². The molecule has 3 aliphatic heterocycles. The number of benzene rings is 2. The highest BCUT2D eigenvalue weighted by Gasteiger charge is 2.55. The molecule has 37 heavy (non-hydrogen) atoms. The lowest BCUT2D eigenvalue weighted by Crippen LogP contribution is -2.60. The van der Waals surface area contributed by atoms with Gasteiger partial charge in [-0.05, 0) is 43.3 Å². The molecule has 3 saturated heterocycles. The lowest BCUT2D eigenvalue weighted by molar-refractivity contribution is -0.141. The minimum atomic E-state index is -0.939. The SMILES string of the molecule is COc1ccc(C(=O)N2CCC3(CC2)OC[C@H](C(=O)N2CCOCC2)N3C(=O)c2ccc(C)cc2)cc1. The van der Waals surface area contributed by atoms with Crippen LogP contribution in [0.5, 0.6) is 5.75 Å². The van der Waals surface area contributed by atoms with Gasteiger partial charge in [0.05, 0.1) is 26.9 Å². The number of amides is 3. The molecule has 3 aliphatic rings. The van der Waals surface area contributed by atoms with E-state index in [1.54, 1.807) is 58.2 Å². The van der Waals surface area contributed by atoms with Crippen molar-refractivity contribution in [2.75, 3.05) is 53.1 Å². The maximum Gasteiger partial charge on any atom is 0.256 e. The molecular weight excluding hydrogens is 474 g/mol. The highest BCUT2D eigenvalue weighted by Crippen LogP contribution is 2.39. The monoisotopic (exact) mass is 507 g/mol. The first-order chi connectivity index (χ1) is 17.9. The van der Waals surface area contributed by atoms with Crippen molar-refractivity contribution >= 4 is 17.7 Å². The number of aryl methyl sites for hydroxylation is 1. The van der Waals surface area contributed by atoms with Gasteiger partial charge in [0.15, 0.2) is 0 Å². The number of nitrogens with zero attached hydrogens (tertiary/aromatic N) is 3. The van der Waals surface area contributed by atoms with Crippen molar-refractivity contribution in [2.24, 2.45) is 0 Å². The molecule has 0 saturated carbocycles. The number of piperidine rings is 1. The van der Waals surface area contributed by atoms with Crippen LogP contribution in [0, 0.1) is 6.92 Å². The molecule has 1 atom stereocenters. The molecule has 2 aromatic carbocycles. The van der Waals surface area contributed by atoms with Gasteiger partial charge in [-0.1, -0.05) is 17.7 Å². The van der Waals surface area contributed by atoms with E-state index in [9.17, 15) is 14.4 Å². The van der Waals surface area contributed by atoms with Crippen molar-refractivity contribution in [1.82, 2.24) is 14.7 Å². The van der Waals surface area contributed by atoms with Gasteiger partial charge in [-0.3, -0.25) is 19.3 Å². The summed E-state index contributed by atoms with van der Waals surface area (Å²) in [5, 5.41) is 0. The standard InChI is InChI=1S/C28H33N3O6/c1-20-3-5-22(6-4-20)26(33)31-24(27(34)30-15-17-36-18-16-30)19-37-28(31)11-13-29(14-12-28)25(32)21-7-9-23(35-2)10-8-21/h3-10,24H,11-19H2,1-2H3/t24-/m1/s1. The number of hydrogen-bond donors (Lipinski definition) is 0. The molecule has 0 unspecified atom stereocenters. The number of rotatable bonds is 4. The van der Waals surface area contributed by atoms with Gasteiger partial charge in [-0.2, -0.15) is 0 Å². The molecular formula is C28H33N3O6. The van der Waals surface area contributed by atoms with Gasteiger partial charge in [0.1, 0.15) is 17.5 Å². The Morgan fingerprint density at radius 2 is 1.43 bits per heavy atom. The second-order valence-electron chi connectivity index (χ2n) is 9.77. The molecule has 0 N–H and O–H groups in total. The van der Waals surface area contributed by atoms with E-state index < -0.39 is 11.8 Å². The Bertz CT molecular complexity index is 1140. The average Bonchev–Trinajstić information content (AvgIpc) is 3.31. The molecule has 0 radical (unpaired) electrons. The molecule has 0 aliphatic carbocycles. The molecule has 9 nitrogen and oxygen atoms in total. The Hall–Kier alpha value is -3.43. The summed E-state index contributed by atoms with van der Waals surface area (Å²) in [6.07, 6.45) is 0.860. The van der Waals surface area contributed by atoms with Crippen molar-refractivity contribution < 1.29 is 28.6 Å². The number of carbonyl (C=O) groups excluding carboxylic acids is 3. The summed E-state index contributed by atoms with van der Waals surface area (Å²) < 4.78 is 16.9. The van der Waals surface area contributed by atoms with Gasteiger partial charge in [-0.25, -0.2) is 0 Å². The number of carbonyl (C=O) groups is 3. The minimum absolute atomic E-state index is 0.0761. The summed E-state index contributed by atoms with van der Waals surface area (Å²) in [4.78, 5) is 45.8. The molecule has 5 rings (SSSR count). The van der Waals surface area contributed by atoms with Crippen LogP contribution in [0.4, 0.5) is 0 Å². The third-order valence-electron chi connectivity index (χ3n) is 7.55. The first kappa shape index (κ1) is 25.2. The summed E-state index contributed by atoms with van der Waals surface area (Å²) in [7, 11) is 1.59. The van der Waals surface area contributed by atoms with Crippen molar-refractivity contribution in [3.05, 3.63) is 65.2 Å². The van der Waals surface area contributed by atoms with E-state index in [4.69, 9.17) is 14.2 Å². The maximum atomic E-state index is 13.9. The third kappa shape index (κ3) is 4.93. The molecule has 0 aromatic heterocycles. The molecule has 3 fully saturated rings. The zero-order valence-electron chi connectivity index (χ0n) is 21.4. The van der Waals surface area contributed by atoms with Gasteiger partial charge in [-0.15, -0.1) is 0 Å². The van der Waals surface area contributed by atoms with Crippen LogP contribution in [0.2, 0.25) is 0 Å². The summed E-state index contributed by atoms with van der Waals surface area (Å²) in [5.41, 5.74) is 1.21. The molecule has 0 bridgehead atoms. The van der Waals surface area contributed by atoms with Gasteiger partial charge in [0.25, 0.3) is 11.8 Å². The van der Waals surface area contributed by atoms with Crippen molar-refractivity contribution in [3.63, 3.8) is 0 Å². The Morgan fingerprint density at radius 1 is 0.838 bits per heavy atom. The highest BCUT2D eigenvalue weighted by atomic mass is 16.5. The van der Waals surface area contributed by atoms with E-state index in [0.29, 0.717) is 69.1 Å². The van der Waals surface area contributed by atoms with Crippen LogP contribution in [0.15, 0.2) is 48.5 Å². The molecule has 3 heterocycles. The number of morpholine rings is 1. The Morgan fingerprint density at radius 3 is 2.05 bits per heavy atom. The Balaban J connectivity index is 1.37. The van der Waals surface area contributed by atoms with E-state index in [0.717, 1.165) is 5.56 Å². The van der Waals surface area contributed by atoms with E-state index in [1.165, 1.54) is 0 Å². The van der Waals surface area contributed by atoms with Crippen LogP contribution in [-0.2, 0) is 14.3 Å². The van der Waals surface area contributed by atoms with Crippen LogP contribution in [0.1, 0.15) is 39.1 Å². The van der Waals surface area contributed by atoms with Gasteiger partial charge in [0.2, 0.25) is 5.91 Å². The smallest absolute Gasteiger partial charge is 0.256 e. The largest absolute Gasteiger partial charge is 0.497 e. The average molecular weight is 508 g/mol. The maximum absolute atomic E-state index is 13.9. The predicted octanol–water partition coefficient (Wildman–Crippen LogP) is 2.34. The van der Waals surface area contributed by atoms with E-state index in [1.807, 2.05) is 19.1 Å². The number of hydrogen-bond acceptors (Lipinski definition) is 6. The first-order valence-corrected chi connectivity index (χ1v) is 12.8. The second-order valence-corrected chi connectivity index (χ2v) is 9.77. The number of likely N-dealkylation sites (tertiary alicyclic amines) is 1. The van der Waals surface area contributed by atoms with Crippen LogP contribution < -0.4 is 4.74 Å². The molecule has 2 aromatic rings.